The summed E-state index contributed by atoms with van der Waals surface area (Å²) in [7, 11) is 1.28. The SMILES string of the molecule is COC(=O)C[C@H]1CCN(Cc2cc(C(F)(F)F)ccc2Cl)[C@@H](c2ccc(C(F)(F)F)cc2)C1. The summed E-state index contributed by atoms with van der Waals surface area (Å²) in [6.45, 7) is 0.513. The summed E-state index contributed by atoms with van der Waals surface area (Å²) >= 11 is 6.17. The maximum atomic E-state index is 13.2. The molecule has 0 aromatic heterocycles. The number of carbonyl (C=O) groups is 1. The average molecular weight is 494 g/mol. The van der Waals surface area contributed by atoms with Crippen molar-refractivity contribution in [2.45, 2.75) is 44.2 Å². The molecule has 0 spiro atoms. The normalized spacial score (nSPS) is 20.0. The second-order valence-corrected chi connectivity index (χ2v) is 8.49. The lowest BCUT2D eigenvalue weighted by Gasteiger charge is -2.40. The molecule has 0 amide bonds. The summed E-state index contributed by atoms with van der Waals surface area (Å²) in [4.78, 5) is 13.6. The van der Waals surface area contributed by atoms with E-state index < -0.39 is 29.5 Å². The zero-order valence-corrected chi connectivity index (χ0v) is 18.4. The molecule has 0 radical (unpaired) electrons. The number of esters is 1. The summed E-state index contributed by atoms with van der Waals surface area (Å²) in [5.74, 6) is -0.460. The molecule has 33 heavy (non-hydrogen) atoms. The zero-order chi connectivity index (χ0) is 24.4. The van der Waals surface area contributed by atoms with Gasteiger partial charge in [-0.15, -0.1) is 0 Å². The van der Waals surface area contributed by atoms with Crippen LogP contribution < -0.4 is 0 Å². The van der Waals surface area contributed by atoms with Crippen molar-refractivity contribution in [3.63, 3.8) is 0 Å². The predicted octanol–water partition coefficient (Wildman–Crippen LogP) is 6.89. The van der Waals surface area contributed by atoms with Gasteiger partial charge in [0.1, 0.15) is 0 Å². The highest BCUT2D eigenvalue weighted by Gasteiger charge is 2.35. The number of halogens is 7. The third-order valence-electron chi connectivity index (χ3n) is 5.87. The third kappa shape index (κ3) is 6.41. The highest BCUT2D eigenvalue weighted by Crippen LogP contribution is 2.39. The van der Waals surface area contributed by atoms with E-state index in [9.17, 15) is 31.1 Å². The minimum atomic E-state index is -4.53. The molecule has 3 nitrogen and oxygen atoms in total. The minimum absolute atomic E-state index is 0.0713. The molecule has 0 N–H and O–H groups in total. The highest BCUT2D eigenvalue weighted by molar-refractivity contribution is 6.31. The lowest BCUT2D eigenvalue weighted by atomic mass is 9.84. The van der Waals surface area contributed by atoms with Crippen LogP contribution in [0.1, 0.15) is 47.6 Å². The summed E-state index contributed by atoms with van der Waals surface area (Å²) in [6, 6.07) is 7.39. The van der Waals surface area contributed by atoms with E-state index in [-0.39, 0.29) is 35.4 Å². The molecule has 2 aromatic carbocycles. The summed E-state index contributed by atoms with van der Waals surface area (Å²) < 4.78 is 83.2. The van der Waals surface area contributed by atoms with Crippen LogP contribution >= 0.6 is 11.6 Å². The van der Waals surface area contributed by atoms with E-state index in [1.54, 1.807) is 0 Å². The Hall–Kier alpha value is -2.26. The lowest BCUT2D eigenvalue weighted by molar-refractivity contribution is -0.142. The van der Waals surface area contributed by atoms with Gasteiger partial charge in [-0.1, -0.05) is 23.7 Å². The van der Waals surface area contributed by atoms with E-state index in [1.807, 2.05) is 4.90 Å². The molecule has 0 bridgehead atoms. The van der Waals surface area contributed by atoms with Crippen LogP contribution in [0.3, 0.4) is 0 Å². The molecular weight excluding hydrogens is 472 g/mol. The van der Waals surface area contributed by atoms with Gasteiger partial charge >= 0.3 is 18.3 Å². The van der Waals surface area contributed by atoms with Gasteiger partial charge in [0.15, 0.2) is 0 Å². The fraction of sp³-hybridized carbons (Fsp3) is 0.435. The lowest BCUT2D eigenvalue weighted by Crippen LogP contribution is -2.37. The topological polar surface area (TPSA) is 29.5 Å². The number of rotatable bonds is 5. The van der Waals surface area contributed by atoms with Gasteiger partial charge in [-0.2, -0.15) is 26.3 Å². The van der Waals surface area contributed by atoms with Crippen molar-refractivity contribution in [1.82, 2.24) is 4.90 Å². The van der Waals surface area contributed by atoms with Crippen LogP contribution in [0, 0.1) is 5.92 Å². The van der Waals surface area contributed by atoms with Crippen molar-refractivity contribution in [2.75, 3.05) is 13.7 Å². The van der Waals surface area contributed by atoms with Crippen LogP contribution in [-0.4, -0.2) is 24.5 Å². The zero-order valence-electron chi connectivity index (χ0n) is 17.6. The van der Waals surface area contributed by atoms with Crippen molar-refractivity contribution in [3.8, 4) is 0 Å². The van der Waals surface area contributed by atoms with Gasteiger partial charge in [-0.3, -0.25) is 9.69 Å². The number of alkyl halides is 6. The van der Waals surface area contributed by atoms with Crippen molar-refractivity contribution < 1.29 is 35.9 Å². The van der Waals surface area contributed by atoms with Gasteiger partial charge in [0.2, 0.25) is 0 Å². The maximum Gasteiger partial charge on any atom is 0.416 e. The predicted molar refractivity (Wildman–Crippen MR) is 110 cm³/mol. The second-order valence-electron chi connectivity index (χ2n) is 8.08. The number of nitrogens with zero attached hydrogens (tertiary/aromatic N) is 1. The maximum absolute atomic E-state index is 13.2. The number of hydrogen-bond acceptors (Lipinski definition) is 3. The average Bonchev–Trinajstić information content (AvgIpc) is 2.74. The molecule has 2 aromatic rings. The molecule has 0 aliphatic carbocycles. The molecule has 1 heterocycles. The molecular formula is C23H22ClF6NO2. The number of piperidine rings is 1. The number of benzene rings is 2. The van der Waals surface area contributed by atoms with Crippen molar-refractivity contribution in [2.24, 2.45) is 5.92 Å². The van der Waals surface area contributed by atoms with Crippen LogP contribution in [0.2, 0.25) is 5.02 Å². The fourth-order valence-electron chi connectivity index (χ4n) is 4.11. The summed E-state index contributed by atoms with van der Waals surface area (Å²) in [6.07, 6.45) is -7.82. The van der Waals surface area contributed by atoms with E-state index in [4.69, 9.17) is 16.3 Å². The van der Waals surface area contributed by atoms with E-state index >= 15 is 0 Å². The quantitative estimate of drug-likeness (QED) is 0.335. The van der Waals surface area contributed by atoms with Crippen LogP contribution in [0.4, 0.5) is 26.3 Å². The first-order valence-electron chi connectivity index (χ1n) is 10.2. The largest absolute Gasteiger partial charge is 0.469 e. The van der Waals surface area contributed by atoms with Gasteiger partial charge in [-0.05, 0) is 66.8 Å². The Kier molecular flexibility index (Phi) is 7.63. The van der Waals surface area contributed by atoms with Crippen LogP contribution in [-0.2, 0) is 28.4 Å². The van der Waals surface area contributed by atoms with Gasteiger partial charge in [0.05, 0.1) is 18.2 Å². The molecule has 0 unspecified atom stereocenters. The van der Waals surface area contributed by atoms with Crippen LogP contribution in [0.5, 0.6) is 0 Å². The molecule has 2 atom stereocenters. The first-order valence-corrected chi connectivity index (χ1v) is 10.6. The Morgan fingerprint density at radius 1 is 1.03 bits per heavy atom. The molecule has 1 aliphatic rings. The van der Waals surface area contributed by atoms with Gasteiger partial charge in [0.25, 0.3) is 0 Å². The Bertz CT molecular complexity index is 974. The number of hydrogen-bond donors (Lipinski definition) is 0. The molecule has 3 rings (SSSR count). The third-order valence-corrected chi connectivity index (χ3v) is 6.24. The number of ether oxygens (including phenoxy) is 1. The standard InChI is InChI=1S/C23H22ClF6NO2/c1-33-21(32)11-14-8-9-31(13-16-12-18(23(28,29)30)6-7-19(16)24)20(10-14)15-2-4-17(5-3-15)22(25,26)27/h2-7,12,14,20H,8-11,13H2,1H3/t14-,20+/m0/s1. The van der Waals surface area contributed by atoms with Gasteiger partial charge in [-0.25, -0.2) is 0 Å². The molecule has 0 saturated carbocycles. The second kappa shape index (κ2) is 9.93. The van der Waals surface area contributed by atoms with Gasteiger partial charge < -0.3 is 4.74 Å². The Labute approximate surface area is 192 Å². The Morgan fingerprint density at radius 3 is 2.21 bits per heavy atom. The van der Waals surface area contributed by atoms with Gasteiger partial charge in [0, 0.05) is 24.0 Å². The van der Waals surface area contributed by atoms with E-state index in [0.717, 1.165) is 24.3 Å². The molecule has 10 heteroatoms. The van der Waals surface area contributed by atoms with Crippen LogP contribution in [0.25, 0.3) is 0 Å². The smallest absolute Gasteiger partial charge is 0.416 e. The molecule has 1 saturated heterocycles. The first-order chi connectivity index (χ1) is 15.4. The van der Waals surface area contributed by atoms with Crippen molar-refractivity contribution in [3.05, 3.63) is 69.7 Å². The van der Waals surface area contributed by atoms with Crippen molar-refractivity contribution >= 4 is 17.6 Å². The monoisotopic (exact) mass is 493 g/mol. The minimum Gasteiger partial charge on any atom is -0.469 e. The van der Waals surface area contributed by atoms with E-state index in [0.29, 0.717) is 24.9 Å². The number of likely N-dealkylation sites (tertiary alicyclic amines) is 1. The Balaban J connectivity index is 1.90. The van der Waals surface area contributed by atoms with E-state index in [1.165, 1.54) is 25.3 Å². The summed E-state index contributed by atoms with van der Waals surface area (Å²) in [5, 5.41) is 0.172. The van der Waals surface area contributed by atoms with E-state index in [2.05, 4.69) is 0 Å². The molecule has 180 valence electrons. The molecule has 1 fully saturated rings. The molecule has 1 aliphatic heterocycles. The number of methoxy groups -OCH3 is 1. The fourth-order valence-corrected chi connectivity index (χ4v) is 4.29. The highest BCUT2D eigenvalue weighted by atomic mass is 35.5. The first kappa shape index (κ1) is 25.4. The summed E-state index contributed by atoms with van der Waals surface area (Å²) in [5.41, 5.74) is -0.760. The van der Waals surface area contributed by atoms with Crippen molar-refractivity contribution in [1.29, 1.82) is 0 Å². The number of carbonyl (C=O) groups excluding carboxylic acids is 1. The Morgan fingerprint density at radius 2 is 1.64 bits per heavy atom. The van der Waals surface area contributed by atoms with Crippen LogP contribution in [0.15, 0.2) is 42.5 Å².